The highest BCUT2D eigenvalue weighted by Gasteiger charge is 2.19. The van der Waals surface area contributed by atoms with E-state index in [0.717, 1.165) is 5.56 Å². The van der Waals surface area contributed by atoms with E-state index in [4.69, 9.17) is 16.3 Å². The van der Waals surface area contributed by atoms with Crippen LogP contribution in [0.1, 0.15) is 10.4 Å². The van der Waals surface area contributed by atoms with Gasteiger partial charge >= 0.3 is 5.97 Å². The van der Waals surface area contributed by atoms with Crippen molar-refractivity contribution in [3.05, 3.63) is 53.1 Å². The zero-order valence-corrected chi connectivity index (χ0v) is 10.4. The first-order valence-electron chi connectivity index (χ1n) is 5.30. The summed E-state index contributed by atoms with van der Waals surface area (Å²) in [6.07, 6.45) is 0. The Balaban J connectivity index is 2.65. The molecule has 1 N–H and O–H groups in total. The third-order valence-corrected chi connectivity index (χ3v) is 3.01. The van der Waals surface area contributed by atoms with Crippen LogP contribution in [0.5, 0.6) is 5.75 Å². The summed E-state index contributed by atoms with van der Waals surface area (Å²) in [7, 11) is 1.42. The van der Waals surface area contributed by atoms with Crippen molar-refractivity contribution in [2.24, 2.45) is 0 Å². The summed E-state index contributed by atoms with van der Waals surface area (Å²) in [5, 5.41) is 9.37. The fourth-order valence-corrected chi connectivity index (χ4v) is 2.11. The summed E-state index contributed by atoms with van der Waals surface area (Å²) in [6.45, 7) is 0. The van der Waals surface area contributed by atoms with Gasteiger partial charge in [-0.3, -0.25) is 0 Å². The molecule has 0 aliphatic heterocycles. The van der Waals surface area contributed by atoms with Gasteiger partial charge in [0, 0.05) is 5.56 Å². The molecule has 0 aliphatic carbocycles. The summed E-state index contributed by atoms with van der Waals surface area (Å²) in [4.78, 5) is 11.2. The topological polar surface area (TPSA) is 46.5 Å². The van der Waals surface area contributed by atoms with Gasteiger partial charge in [-0.15, -0.1) is 0 Å². The maximum absolute atomic E-state index is 11.2. The van der Waals surface area contributed by atoms with Gasteiger partial charge in [0.2, 0.25) is 0 Å². The SMILES string of the molecule is COc1ccc(-c2ccccc2)c(Cl)c1C(=O)O. The molecular weight excluding hydrogens is 252 g/mol. The zero-order chi connectivity index (χ0) is 13.1. The minimum absolute atomic E-state index is 0.0134. The number of aromatic carboxylic acids is 1. The number of carboxylic acids is 1. The van der Waals surface area contributed by atoms with Gasteiger partial charge in [-0.2, -0.15) is 0 Å². The molecule has 0 atom stereocenters. The Morgan fingerprint density at radius 2 is 1.83 bits per heavy atom. The van der Waals surface area contributed by atoms with Gasteiger partial charge in [-0.25, -0.2) is 4.79 Å². The van der Waals surface area contributed by atoms with Crippen LogP contribution in [0, 0.1) is 0 Å². The standard InChI is InChI=1S/C14H11ClO3/c1-18-11-8-7-10(9-5-3-2-4-6-9)13(15)12(11)14(16)17/h2-8H,1H3,(H,16,17). The van der Waals surface area contributed by atoms with Gasteiger partial charge in [0.05, 0.1) is 12.1 Å². The second-order valence-corrected chi connectivity index (χ2v) is 4.05. The van der Waals surface area contributed by atoms with Crippen LogP contribution in [0.25, 0.3) is 11.1 Å². The molecule has 18 heavy (non-hydrogen) atoms. The van der Waals surface area contributed by atoms with Crippen LogP contribution < -0.4 is 4.74 Å². The quantitative estimate of drug-likeness (QED) is 0.917. The third kappa shape index (κ3) is 2.17. The van der Waals surface area contributed by atoms with Gasteiger partial charge in [0.15, 0.2) is 0 Å². The van der Waals surface area contributed by atoms with E-state index in [-0.39, 0.29) is 16.3 Å². The Morgan fingerprint density at radius 1 is 1.17 bits per heavy atom. The van der Waals surface area contributed by atoms with Crippen LogP contribution in [0.3, 0.4) is 0 Å². The van der Waals surface area contributed by atoms with Crippen LogP contribution in [-0.4, -0.2) is 18.2 Å². The molecule has 0 saturated heterocycles. The zero-order valence-electron chi connectivity index (χ0n) is 9.68. The number of methoxy groups -OCH3 is 1. The molecule has 0 bridgehead atoms. The summed E-state index contributed by atoms with van der Waals surface area (Å²) in [6, 6.07) is 12.7. The van der Waals surface area contributed by atoms with E-state index >= 15 is 0 Å². The summed E-state index contributed by atoms with van der Waals surface area (Å²) in [5.41, 5.74) is 1.53. The third-order valence-electron chi connectivity index (χ3n) is 2.62. The first-order valence-corrected chi connectivity index (χ1v) is 5.68. The molecule has 2 aromatic rings. The van der Waals surface area contributed by atoms with Crippen molar-refractivity contribution in [3.63, 3.8) is 0 Å². The van der Waals surface area contributed by atoms with Crippen molar-refractivity contribution >= 4 is 17.6 Å². The van der Waals surface area contributed by atoms with Crippen molar-refractivity contribution in [2.75, 3.05) is 7.11 Å². The number of carbonyl (C=O) groups is 1. The highest BCUT2D eigenvalue weighted by Crippen LogP contribution is 2.35. The van der Waals surface area contributed by atoms with E-state index in [9.17, 15) is 9.90 Å². The molecule has 2 rings (SSSR count). The van der Waals surface area contributed by atoms with Crippen LogP contribution >= 0.6 is 11.6 Å². The predicted octanol–water partition coefficient (Wildman–Crippen LogP) is 3.71. The highest BCUT2D eigenvalue weighted by molar-refractivity contribution is 6.36. The molecule has 4 heteroatoms. The maximum Gasteiger partial charge on any atom is 0.341 e. The first kappa shape index (κ1) is 12.5. The minimum atomic E-state index is -1.10. The Labute approximate surface area is 110 Å². The van der Waals surface area contributed by atoms with Crippen molar-refractivity contribution in [1.29, 1.82) is 0 Å². The molecule has 0 spiro atoms. The van der Waals surface area contributed by atoms with Gasteiger partial charge in [0.1, 0.15) is 11.3 Å². The van der Waals surface area contributed by atoms with Crippen molar-refractivity contribution in [3.8, 4) is 16.9 Å². The van der Waals surface area contributed by atoms with E-state index in [2.05, 4.69) is 0 Å². The van der Waals surface area contributed by atoms with E-state index in [1.54, 1.807) is 12.1 Å². The normalized spacial score (nSPS) is 10.1. The monoisotopic (exact) mass is 262 g/mol. The molecule has 0 fully saturated rings. The number of hydrogen-bond donors (Lipinski definition) is 1. The lowest BCUT2D eigenvalue weighted by Gasteiger charge is -2.11. The molecule has 0 heterocycles. The van der Waals surface area contributed by atoms with Crippen LogP contribution in [0.2, 0.25) is 5.02 Å². The molecule has 0 unspecified atom stereocenters. The summed E-state index contributed by atoms with van der Waals surface area (Å²) < 4.78 is 5.01. The summed E-state index contributed by atoms with van der Waals surface area (Å²) in [5.74, 6) is -0.846. The van der Waals surface area contributed by atoms with Gasteiger partial charge in [0.25, 0.3) is 0 Å². The van der Waals surface area contributed by atoms with Crippen molar-refractivity contribution < 1.29 is 14.6 Å². The Kier molecular flexibility index (Phi) is 3.53. The van der Waals surface area contributed by atoms with Gasteiger partial charge < -0.3 is 9.84 Å². The molecule has 0 amide bonds. The Hall–Kier alpha value is -2.00. The number of benzene rings is 2. The molecule has 0 aromatic heterocycles. The van der Waals surface area contributed by atoms with E-state index in [1.807, 2.05) is 30.3 Å². The summed E-state index contributed by atoms with van der Waals surface area (Å²) >= 11 is 6.16. The van der Waals surface area contributed by atoms with Gasteiger partial charge in [-0.05, 0) is 17.7 Å². The molecule has 2 aromatic carbocycles. The molecule has 3 nitrogen and oxygen atoms in total. The van der Waals surface area contributed by atoms with E-state index < -0.39 is 5.97 Å². The lowest BCUT2D eigenvalue weighted by atomic mass is 10.0. The molecule has 0 radical (unpaired) electrons. The van der Waals surface area contributed by atoms with Crippen molar-refractivity contribution in [1.82, 2.24) is 0 Å². The average Bonchev–Trinajstić information content (AvgIpc) is 2.38. The number of ether oxygens (including phenoxy) is 1. The van der Waals surface area contributed by atoms with Gasteiger partial charge in [-0.1, -0.05) is 41.9 Å². The van der Waals surface area contributed by atoms with Crippen LogP contribution in [0.4, 0.5) is 0 Å². The fourth-order valence-electron chi connectivity index (χ4n) is 1.77. The lowest BCUT2D eigenvalue weighted by molar-refractivity contribution is 0.0693. The number of rotatable bonds is 3. The molecule has 0 saturated carbocycles. The Morgan fingerprint density at radius 3 is 2.39 bits per heavy atom. The van der Waals surface area contributed by atoms with E-state index in [1.165, 1.54) is 7.11 Å². The lowest BCUT2D eigenvalue weighted by Crippen LogP contribution is -2.02. The van der Waals surface area contributed by atoms with Crippen LogP contribution in [-0.2, 0) is 0 Å². The van der Waals surface area contributed by atoms with Crippen LogP contribution in [0.15, 0.2) is 42.5 Å². The highest BCUT2D eigenvalue weighted by atomic mass is 35.5. The first-order chi connectivity index (χ1) is 8.65. The molecular formula is C14H11ClO3. The smallest absolute Gasteiger partial charge is 0.341 e. The minimum Gasteiger partial charge on any atom is -0.496 e. The second-order valence-electron chi connectivity index (χ2n) is 3.68. The molecule has 92 valence electrons. The largest absolute Gasteiger partial charge is 0.496 e. The number of hydrogen-bond acceptors (Lipinski definition) is 2. The fraction of sp³-hybridized carbons (Fsp3) is 0.0714. The molecule has 0 aliphatic rings. The second kappa shape index (κ2) is 5.10. The average molecular weight is 263 g/mol. The number of halogens is 1. The van der Waals surface area contributed by atoms with Crippen molar-refractivity contribution in [2.45, 2.75) is 0 Å². The predicted molar refractivity (Wildman–Crippen MR) is 70.4 cm³/mol. The number of carboxylic acid groups (broad SMARTS) is 1. The maximum atomic E-state index is 11.2. The van der Waals surface area contributed by atoms with E-state index in [0.29, 0.717) is 5.56 Å². The Bertz CT molecular complexity index is 579.